The smallest absolute Gasteiger partial charge is 0.328 e. The molecule has 0 aliphatic carbocycles. The van der Waals surface area contributed by atoms with Crippen molar-refractivity contribution in [2.24, 2.45) is 0 Å². The van der Waals surface area contributed by atoms with E-state index in [0.29, 0.717) is 12.8 Å². The third-order valence-corrected chi connectivity index (χ3v) is 2.90. The minimum Gasteiger partial charge on any atom is -0.467 e. The van der Waals surface area contributed by atoms with Gasteiger partial charge in [-0.25, -0.2) is 4.79 Å². The Balaban J connectivity index is 2.55. The van der Waals surface area contributed by atoms with Gasteiger partial charge >= 0.3 is 5.97 Å². The molecule has 1 rings (SSSR count). The van der Waals surface area contributed by atoms with Gasteiger partial charge in [0.15, 0.2) is 0 Å². The lowest BCUT2D eigenvalue weighted by atomic mass is 10.1. The summed E-state index contributed by atoms with van der Waals surface area (Å²) in [5, 5.41) is 5.02. The maximum absolute atomic E-state index is 11.8. The van der Waals surface area contributed by atoms with E-state index >= 15 is 0 Å². The fraction of sp³-hybridized carbons (Fsp3) is 0.667. The molecule has 1 aliphatic heterocycles. The van der Waals surface area contributed by atoms with Crippen LogP contribution in [-0.2, 0) is 23.9 Å². The molecule has 0 unspecified atom stereocenters. The molecule has 1 aliphatic rings. The standard InChI is InChI=1S/C12H18N2O5/c1-7(15)3-4-9(12(18)19-2)14-11(17)8-5-6-10(16)13-8/h8-9H,3-6H2,1-2H3,(H,13,16)(H,14,17)/t8-,9-/m0/s1. The van der Waals surface area contributed by atoms with Gasteiger partial charge in [0.2, 0.25) is 11.8 Å². The van der Waals surface area contributed by atoms with Crippen molar-refractivity contribution in [3.05, 3.63) is 0 Å². The third-order valence-electron chi connectivity index (χ3n) is 2.90. The molecule has 2 N–H and O–H groups in total. The molecule has 7 nitrogen and oxygen atoms in total. The van der Waals surface area contributed by atoms with Crippen molar-refractivity contribution in [1.82, 2.24) is 10.6 Å². The Kier molecular flexibility index (Phi) is 5.47. The highest BCUT2D eigenvalue weighted by Gasteiger charge is 2.30. The quantitative estimate of drug-likeness (QED) is 0.621. The topological polar surface area (TPSA) is 102 Å². The van der Waals surface area contributed by atoms with E-state index in [1.165, 1.54) is 14.0 Å². The Morgan fingerprint density at radius 3 is 2.63 bits per heavy atom. The molecule has 2 amide bonds. The van der Waals surface area contributed by atoms with Crippen molar-refractivity contribution in [1.29, 1.82) is 0 Å². The van der Waals surface area contributed by atoms with Crippen LogP contribution >= 0.6 is 0 Å². The molecule has 2 atom stereocenters. The van der Waals surface area contributed by atoms with Crippen LogP contribution < -0.4 is 10.6 Å². The van der Waals surface area contributed by atoms with Gasteiger partial charge in [0.1, 0.15) is 17.9 Å². The predicted molar refractivity (Wildman–Crippen MR) is 65.0 cm³/mol. The molecule has 7 heteroatoms. The van der Waals surface area contributed by atoms with E-state index < -0.39 is 24.0 Å². The number of nitrogens with one attached hydrogen (secondary N) is 2. The van der Waals surface area contributed by atoms with Gasteiger partial charge in [-0.2, -0.15) is 0 Å². The fourth-order valence-corrected chi connectivity index (χ4v) is 1.82. The lowest BCUT2D eigenvalue weighted by molar-refractivity contribution is -0.145. The number of esters is 1. The van der Waals surface area contributed by atoms with Crippen LogP contribution in [0.25, 0.3) is 0 Å². The summed E-state index contributed by atoms with van der Waals surface area (Å²) in [5.74, 6) is -1.28. The van der Waals surface area contributed by atoms with Crippen LogP contribution in [-0.4, -0.2) is 42.8 Å². The van der Waals surface area contributed by atoms with Gasteiger partial charge in [0, 0.05) is 12.8 Å². The van der Waals surface area contributed by atoms with E-state index in [9.17, 15) is 19.2 Å². The highest BCUT2D eigenvalue weighted by atomic mass is 16.5. The maximum atomic E-state index is 11.8. The molecule has 0 radical (unpaired) electrons. The minimum atomic E-state index is -0.862. The number of Topliss-reactive ketones (excluding diaryl/α,β-unsaturated/α-hetero) is 1. The maximum Gasteiger partial charge on any atom is 0.328 e. The molecular formula is C12H18N2O5. The highest BCUT2D eigenvalue weighted by Crippen LogP contribution is 2.08. The molecule has 0 spiro atoms. The van der Waals surface area contributed by atoms with Gasteiger partial charge in [0.25, 0.3) is 0 Å². The largest absolute Gasteiger partial charge is 0.467 e. The summed E-state index contributed by atoms with van der Waals surface area (Å²) in [7, 11) is 1.21. The average molecular weight is 270 g/mol. The number of carbonyl (C=O) groups is 4. The Morgan fingerprint density at radius 2 is 2.16 bits per heavy atom. The van der Waals surface area contributed by atoms with E-state index in [1.807, 2.05) is 0 Å². The molecule has 0 aromatic rings. The molecule has 0 saturated carbocycles. The zero-order chi connectivity index (χ0) is 14.4. The van der Waals surface area contributed by atoms with Crippen LogP contribution in [0, 0.1) is 0 Å². The first-order chi connectivity index (χ1) is 8.93. The van der Waals surface area contributed by atoms with E-state index in [-0.39, 0.29) is 24.5 Å². The van der Waals surface area contributed by atoms with Gasteiger partial charge in [-0.1, -0.05) is 0 Å². The number of amides is 2. The summed E-state index contributed by atoms with van der Waals surface area (Å²) in [5.41, 5.74) is 0. The van der Waals surface area contributed by atoms with Crippen molar-refractivity contribution >= 4 is 23.6 Å². The Bertz CT molecular complexity index is 394. The van der Waals surface area contributed by atoms with E-state index in [2.05, 4.69) is 15.4 Å². The number of ketones is 1. The summed E-state index contributed by atoms with van der Waals surface area (Å²) in [4.78, 5) is 45.3. The van der Waals surface area contributed by atoms with Gasteiger partial charge < -0.3 is 20.2 Å². The summed E-state index contributed by atoms with van der Waals surface area (Å²) in [6.07, 6.45) is 1.07. The van der Waals surface area contributed by atoms with Crippen LogP contribution in [0.2, 0.25) is 0 Å². The second kappa shape index (κ2) is 6.86. The number of hydrogen-bond acceptors (Lipinski definition) is 5. The summed E-state index contributed by atoms with van der Waals surface area (Å²) in [6, 6.07) is -1.48. The molecule has 1 fully saturated rings. The lowest BCUT2D eigenvalue weighted by Gasteiger charge is -2.18. The van der Waals surface area contributed by atoms with Gasteiger partial charge in [-0.15, -0.1) is 0 Å². The molecular weight excluding hydrogens is 252 g/mol. The molecule has 0 bridgehead atoms. The van der Waals surface area contributed by atoms with E-state index in [0.717, 1.165) is 0 Å². The molecule has 19 heavy (non-hydrogen) atoms. The zero-order valence-electron chi connectivity index (χ0n) is 11.0. The lowest BCUT2D eigenvalue weighted by Crippen LogP contribution is -2.49. The monoisotopic (exact) mass is 270 g/mol. The van der Waals surface area contributed by atoms with Gasteiger partial charge in [-0.3, -0.25) is 9.59 Å². The Labute approximate surface area is 111 Å². The second-order valence-electron chi connectivity index (χ2n) is 4.48. The Morgan fingerprint density at radius 1 is 1.47 bits per heavy atom. The molecule has 0 aromatic heterocycles. The predicted octanol–water partition coefficient (Wildman–Crippen LogP) is -0.708. The highest BCUT2D eigenvalue weighted by molar-refractivity contribution is 5.93. The van der Waals surface area contributed by atoms with Gasteiger partial charge in [0.05, 0.1) is 7.11 Å². The summed E-state index contributed by atoms with van der Waals surface area (Å²) in [6.45, 7) is 1.41. The molecule has 0 aromatic carbocycles. The van der Waals surface area contributed by atoms with Crippen molar-refractivity contribution in [3.63, 3.8) is 0 Å². The first-order valence-electron chi connectivity index (χ1n) is 6.11. The fourth-order valence-electron chi connectivity index (χ4n) is 1.82. The van der Waals surface area contributed by atoms with Crippen molar-refractivity contribution in [2.75, 3.05) is 7.11 Å². The molecule has 106 valence electrons. The first kappa shape index (κ1) is 15.1. The van der Waals surface area contributed by atoms with E-state index in [4.69, 9.17) is 0 Å². The molecule has 1 saturated heterocycles. The third kappa shape index (κ3) is 4.69. The number of rotatable bonds is 6. The number of carbonyl (C=O) groups excluding carboxylic acids is 4. The number of methoxy groups -OCH3 is 1. The van der Waals surface area contributed by atoms with Crippen LogP contribution in [0.1, 0.15) is 32.6 Å². The van der Waals surface area contributed by atoms with Crippen molar-refractivity contribution in [2.45, 2.75) is 44.7 Å². The second-order valence-corrected chi connectivity index (χ2v) is 4.48. The SMILES string of the molecule is COC(=O)[C@H](CCC(C)=O)NC(=O)[C@@H]1CCC(=O)N1. The van der Waals surface area contributed by atoms with Crippen molar-refractivity contribution in [3.8, 4) is 0 Å². The summed E-state index contributed by atoms with van der Waals surface area (Å²) >= 11 is 0. The molecule has 1 heterocycles. The average Bonchev–Trinajstić information content (AvgIpc) is 2.79. The summed E-state index contributed by atoms with van der Waals surface area (Å²) < 4.78 is 4.58. The normalized spacial score (nSPS) is 19.5. The van der Waals surface area contributed by atoms with Crippen LogP contribution in [0.3, 0.4) is 0 Å². The number of ether oxygens (including phenoxy) is 1. The number of hydrogen-bond donors (Lipinski definition) is 2. The Hall–Kier alpha value is -1.92. The van der Waals surface area contributed by atoms with Crippen molar-refractivity contribution < 1.29 is 23.9 Å². The minimum absolute atomic E-state index is 0.0719. The van der Waals surface area contributed by atoms with Crippen LogP contribution in [0.5, 0.6) is 0 Å². The first-order valence-corrected chi connectivity index (χ1v) is 6.11. The van der Waals surface area contributed by atoms with Crippen LogP contribution in [0.15, 0.2) is 0 Å². The van der Waals surface area contributed by atoms with E-state index in [1.54, 1.807) is 0 Å². The van der Waals surface area contributed by atoms with Gasteiger partial charge in [-0.05, 0) is 19.8 Å². The zero-order valence-corrected chi connectivity index (χ0v) is 11.0. The van der Waals surface area contributed by atoms with Crippen LogP contribution in [0.4, 0.5) is 0 Å².